The van der Waals surface area contributed by atoms with E-state index in [0.717, 1.165) is 20.7 Å². The van der Waals surface area contributed by atoms with Gasteiger partial charge in [-0.15, -0.1) is 0 Å². The van der Waals surface area contributed by atoms with Gasteiger partial charge in [-0.1, -0.05) is 0 Å². The molecule has 2 aromatic heterocycles. The van der Waals surface area contributed by atoms with Crippen molar-refractivity contribution in [3.05, 3.63) is 80.6 Å². The minimum absolute atomic E-state index is 0.220. The highest BCUT2D eigenvalue weighted by Crippen LogP contribution is 2.18. The van der Waals surface area contributed by atoms with E-state index in [-0.39, 0.29) is 12.4 Å². The van der Waals surface area contributed by atoms with Crippen molar-refractivity contribution in [3.63, 3.8) is 0 Å². The van der Waals surface area contributed by atoms with Crippen molar-refractivity contribution >= 4 is 34.3 Å². The average molecular weight is 463 g/mol. The lowest BCUT2D eigenvalue weighted by Crippen LogP contribution is -2.15. The highest BCUT2D eigenvalue weighted by molar-refractivity contribution is 14.1. The van der Waals surface area contributed by atoms with Crippen LogP contribution in [0.1, 0.15) is 37.9 Å². The summed E-state index contributed by atoms with van der Waals surface area (Å²) in [5.41, 5.74) is 2.77. The molecule has 0 aliphatic rings. The topological polar surface area (TPSA) is 61.4 Å². The molecule has 0 amide bonds. The first kappa shape index (κ1) is 18.4. The summed E-state index contributed by atoms with van der Waals surface area (Å²) in [7, 11) is 0. The van der Waals surface area contributed by atoms with Crippen LogP contribution >= 0.6 is 22.6 Å². The molecule has 0 spiro atoms. The normalized spacial score (nSPS) is 10.7. The molecule has 0 saturated heterocycles. The van der Waals surface area contributed by atoms with Gasteiger partial charge in [-0.25, -0.2) is 4.79 Å². The lowest BCUT2D eigenvalue weighted by atomic mass is 10.1. The summed E-state index contributed by atoms with van der Waals surface area (Å²) < 4.78 is 13.6. The van der Waals surface area contributed by atoms with Gasteiger partial charge in [0.1, 0.15) is 5.76 Å². The molecule has 0 aliphatic heterocycles. The summed E-state index contributed by atoms with van der Waals surface area (Å²) in [5.74, 6) is 0.0951. The van der Waals surface area contributed by atoms with E-state index >= 15 is 0 Å². The number of hydrogen-bond donors (Lipinski definition) is 0. The molecular formula is C20H18INO4. The van der Waals surface area contributed by atoms with Crippen LogP contribution in [0.15, 0.2) is 53.1 Å². The van der Waals surface area contributed by atoms with Gasteiger partial charge in [-0.2, -0.15) is 0 Å². The number of carbonyl (C=O) groups excluding carboxylic acids is 2. The van der Waals surface area contributed by atoms with Gasteiger partial charge in [0.2, 0.25) is 5.78 Å². The number of esters is 1. The SMILES string of the molecule is Cc1cc(C(=O)COC(=O)c2ccc(I)cc2)c(C)n1Cc1ccco1. The predicted octanol–water partition coefficient (Wildman–Crippen LogP) is 4.39. The average Bonchev–Trinajstić information content (AvgIpc) is 3.24. The molecule has 5 nitrogen and oxygen atoms in total. The third-order valence-corrected chi connectivity index (χ3v) is 4.90. The van der Waals surface area contributed by atoms with E-state index in [1.165, 1.54) is 0 Å². The van der Waals surface area contributed by atoms with Gasteiger partial charge < -0.3 is 13.7 Å². The molecular weight excluding hydrogens is 445 g/mol. The van der Waals surface area contributed by atoms with Crippen LogP contribution in [0.5, 0.6) is 0 Å². The number of halogens is 1. The number of furan rings is 1. The van der Waals surface area contributed by atoms with Gasteiger partial charge in [0, 0.05) is 20.5 Å². The van der Waals surface area contributed by atoms with Crippen LogP contribution in [0.4, 0.5) is 0 Å². The number of nitrogens with zero attached hydrogens (tertiary/aromatic N) is 1. The second kappa shape index (κ2) is 7.90. The first-order valence-electron chi connectivity index (χ1n) is 8.10. The number of Topliss-reactive ketones (excluding diaryl/α,β-unsaturated/α-hetero) is 1. The smallest absolute Gasteiger partial charge is 0.338 e. The zero-order valence-corrected chi connectivity index (χ0v) is 16.6. The Kier molecular flexibility index (Phi) is 5.61. The second-order valence-electron chi connectivity index (χ2n) is 5.96. The van der Waals surface area contributed by atoms with Crippen molar-refractivity contribution in [2.75, 3.05) is 6.61 Å². The van der Waals surface area contributed by atoms with Crippen LogP contribution in [0.2, 0.25) is 0 Å². The highest BCUT2D eigenvalue weighted by atomic mass is 127. The Morgan fingerprint density at radius 2 is 1.88 bits per heavy atom. The van der Waals surface area contributed by atoms with E-state index < -0.39 is 5.97 Å². The molecule has 0 radical (unpaired) electrons. The van der Waals surface area contributed by atoms with E-state index in [0.29, 0.717) is 17.7 Å². The summed E-state index contributed by atoms with van der Waals surface area (Å²) in [6.45, 7) is 4.09. The third kappa shape index (κ3) is 4.07. The fourth-order valence-corrected chi connectivity index (χ4v) is 3.12. The monoisotopic (exact) mass is 463 g/mol. The number of benzene rings is 1. The Balaban J connectivity index is 1.68. The summed E-state index contributed by atoms with van der Waals surface area (Å²) in [4.78, 5) is 24.6. The Morgan fingerprint density at radius 3 is 2.54 bits per heavy atom. The minimum atomic E-state index is -0.501. The largest absolute Gasteiger partial charge is 0.467 e. The van der Waals surface area contributed by atoms with E-state index in [9.17, 15) is 9.59 Å². The summed E-state index contributed by atoms with van der Waals surface area (Å²) in [6, 6.07) is 12.6. The molecule has 0 atom stereocenters. The van der Waals surface area contributed by atoms with E-state index in [4.69, 9.17) is 9.15 Å². The van der Waals surface area contributed by atoms with Gasteiger partial charge >= 0.3 is 5.97 Å². The number of aromatic nitrogens is 1. The number of ether oxygens (including phenoxy) is 1. The van der Waals surface area contributed by atoms with Gasteiger partial charge in [-0.05, 0) is 78.9 Å². The molecule has 0 saturated carbocycles. The first-order chi connectivity index (χ1) is 12.5. The molecule has 0 aliphatic carbocycles. The van der Waals surface area contributed by atoms with Gasteiger partial charge in [-0.3, -0.25) is 4.79 Å². The molecule has 0 fully saturated rings. The van der Waals surface area contributed by atoms with Crippen molar-refractivity contribution in [2.24, 2.45) is 0 Å². The van der Waals surface area contributed by atoms with Crippen LogP contribution in [0.25, 0.3) is 0 Å². The van der Waals surface area contributed by atoms with Crippen molar-refractivity contribution in [2.45, 2.75) is 20.4 Å². The van der Waals surface area contributed by atoms with Crippen LogP contribution in [-0.2, 0) is 11.3 Å². The molecule has 0 unspecified atom stereocenters. The molecule has 26 heavy (non-hydrogen) atoms. The van der Waals surface area contributed by atoms with Crippen LogP contribution in [0.3, 0.4) is 0 Å². The quantitative estimate of drug-likeness (QED) is 0.309. The van der Waals surface area contributed by atoms with E-state index in [1.807, 2.05) is 48.7 Å². The predicted molar refractivity (Wildman–Crippen MR) is 105 cm³/mol. The van der Waals surface area contributed by atoms with E-state index in [2.05, 4.69) is 22.6 Å². The number of hydrogen-bond acceptors (Lipinski definition) is 4. The third-order valence-electron chi connectivity index (χ3n) is 4.18. The molecule has 3 aromatic rings. The molecule has 0 bridgehead atoms. The lowest BCUT2D eigenvalue weighted by Gasteiger charge is -2.08. The fraction of sp³-hybridized carbons (Fsp3) is 0.200. The standard InChI is InChI=1S/C20H18INO4/c1-13-10-18(14(2)22(13)11-17-4-3-9-25-17)19(23)12-26-20(24)15-5-7-16(21)8-6-15/h3-10H,11-12H2,1-2H3. The maximum Gasteiger partial charge on any atom is 0.338 e. The Labute approximate surface area is 165 Å². The van der Waals surface area contributed by atoms with Gasteiger partial charge in [0.15, 0.2) is 6.61 Å². The number of ketones is 1. The van der Waals surface area contributed by atoms with Crippen LogP contribution < -0.4 is 0 Å². The highest BCUT2D eigenvalue weighted by Gasteiger charge is 2.18. The molecule has 6 heteroatoms. The summed E-state index contributed by atoms with van der Waals surface area (Å²) in [5, 5.41) is 0. The fourth-order valence-electron chi connectivity index (χ4n) is 2.76. The Morgan fingerprint density at radius 1 is 1.15 bits per heavy atom. The maximum absolute atomic E-state index is 12.5. The van der Waals surface area contributed by atoms with Crippen molar-refractivity contribution in [1.29, 1.82) is 0 Å². The Hall–Kier alpha value is -2.35. The number of carbonyl (C=O) groups is 2. The van der Waals surface area contributed by atoms with Crippen molar-refractivity contribution in [1.82, 2.24) is 4.57 Å². The first-order valence-corrected chi connectivity index (χ1v) is 9.18. The molecule has 2 heterocycles. The van der Waals surface area contributed by atoms with Crippen molar-refractivity contribution in [3.8, 4) is 0 Å². The van der Waals surface area contributed by atoms with Gasteiger partial charge in [0.05, 0.1) is 18.4 Å². The minimum Gasteiger partial charge on any atom is -0.467 e. The summed E-state index contributed by atoms with van der Waals surface area (Å²) >= 11 is 2.16. The van der Waals surface area contributed by atoms with Crippen LogP contribution in [0, 0.1) is 17.4 Å². The van der Waals surface area contributed by atoms with Gasteiger partial charge in [0.25, 0.3) is 0 Å². The molecule has 1 aromatic carbocycles. The Bertz CT molecular complexity index is 924. The number of rotatable bonds is 6. The molecule has 0 N–H and O–H groups in total. The maximum atomic E-state index is 12.5. The molecule has 134 valence electrons. The zero-order valence-electron chi connectivity index (χ0n) is 14.5. The van der Waals surface area contributed by atoms with Crippen LogP contribution in [-0.4, -0.2) is 22.9 Å². The lowest BCUT2D eigenvalue weighted by molar-refractivity contribution is 0.0474. The zero-order chi connectivity index (χ0) is 18.7. The second-order valence-corrected chi connectivity index (χ2v) is 7.20. The number of aryl methyl sites for hydroxylation is 1. The summed E-state index contributed by atoms with van der Waals surface area (Å²) in [6.07, 6.45) is 1.62. The molecule has 3 rings (SSSR count). The van der Waals surface area contributed by atoms with E-state index in [1.54, 1.807) is 18.4 Å². The van der Waals surface area contributed by atoms with Crippen molar-refractivity contribution < 1.29 is 18.7 Å².